The minimum absolute atomic E-state index is 0.0753. The molecule has 3 aromatic carbocycles. The molecular formula is C30H29F2NO6. The molecule has 0 saturated carbocycles. The molecule has 0 aliphatic carbocycles. The maximum absolute atomic E-state index is 15.0. The molecule has 1 heterocycles. The summed E-state index contributed by atoms with van der Waals surface area (Å²) in [6.45, 7) is 7.64. The number of amides is 1. The van der Waals surface area contributed by atoms with Gasteiger partial charge in [0.15, 0.2) is 11.5 Å². The Morgan fingerprint density at radius 3 is 2.33 bits per heavy atom. The van der Waals surface area contributed by atoms with Crippen LogP contribution in [0.1, 0.15) is 43.5 Å². The molecule has 1 N–H and O–H groups in total. The lowest BCUT2D eigenvalue weighted by atomic mass is 9.94. The number of nitrogens with zero attached hydrogens (tertiary/aromatic N) is 1. The van der Waals surface area contributed by atoms with E-state index < -0.39 is 35.1 Å². The molecule has 3 aromatic rings. The molecule has 204 valence electrons. The number of ketones is 1. The molecule has 1 saturated heterocycles. The Morgan fingerprint density at radius 2 is 1.72 bits per heavy atom. The number of aryl methyl sites for hydroxylation is 1. The zero-order chi connectivity index (χ0) is 28.4. The average Bonchev–Trinajstić information content (AvgIpc) is 3.15. The first kappa shape index (κ1) is 27.6. The molecular weight excluding hydrogens is 508 g/mol. The number of halogens is 2. The van der Waals surface area contributed by atoms with Crippen LogP contribution in [0, 0.1) is 18.6 Å². The van der Waals surface area contributed by atoms with E-state index in [1.54, 1.807) is 50.2 Å². The molecule has 1 fully saturated rings. The first-order chi connectivity index (χ1) is 18.6. The van der Waals surface area contributed by atoms with Crippen molar-refractivity contribution < 1.29 is 37.7 Å². The molecule has 7 nitrogen and oxygen atoms in total. The Morgan fingerprint density at radius 1 is 1.00 bits per heavy atom. The average molecular weight is 538 g/mol. The van der Waals surface area contributed by atoms with E-state index in [1.165, 1.54) is 7.11 Å². The summed E-state index contributed by atoms with van der Waals surface area (Å²) in [5.41, 5.74) is 0.748. The summed E-state index contributed by atoms with van der Waals surface area (Å²) in [7, 11) is 1.46. The number of Topliss-reactive ketones (excluding diaryl/α,β-unsaturated/α-hetero) is 1. The summed E-state index contributed by atoms with van der Waals surface area (Å²) in [4.78, 5) is 27.7. The van der Waals surface area contributed by atoms with Crippen molar-refractivity contribution in [3.8, 4) is 17.2 Å². The molecule has 39 heavy (non-hydrogen) atoms. The Hall–Kier alpha value is -4.40. The van der Waals surface area contributed by atoms with Crippen LogP contribution in [0.3, 0.4) is 0 Å². The predicted molar refractivity (Wildman–Crippen MR) is 142 cm³/mol. The van der Waals surface area contributed by atoms with Crippen molar-refractivity contribution in [2.45, 2.75) is 39.8 Å². The molecule has 0 bridgehead atoms. The van der Waals surface area contributed by atoms with Gasteiger partial charge in [0.2, 0.25) is 0 Å². The van der Waals surface area contributed by atoms with Crippen LogP contribution in [0.15, 0.2) is 60.2 Å². The van der Waals surface area contributed by atoms with E-state index in [-0.39, 0.29) is 22.9 Å². The van der Waals surface area contributed by atoms with Crippen molar-refractivity contribution >= 4 is 23.1 Å². The molecule has 1 unspecified atom stereocenters. The minimum Gasteiger partial charge on any atom is -0.507 e. The van der Waals surface area contributed by atoms with Crippen LogP contribution in [0.5, 0.6) is 17.2 Å². The molecule has 1 atom stereocenters. The van der Waals surface area contributed by atoms with Crippen LogP contribution < -0.4 is 19.1 Å². The number of aliphatic hydroxyl groups is 1. The first-order valence-electron chi connectivity index (χ1n) is 12.4. The van der Waals surface area contributed by atoms with Crippen molar-refractivity contribution in [3.63, 3.8) is 0 Å². The SMILES string of the molecule is CCOc1cc(C2/C(=C(\O)c3ccc(OC(C)C)c(C)c3)C(=O)C(=O)N2c2ccc(F)cc2F)ccc1OC. The van der Waals surface area contributed by atoms with Gasteiger partial charge in [0, 0.05) is 11.6 Å². The maximum Gasteiger partial charge on any atom is 0.300 e. The second-order valence-corrected chi connectivity index (χ2v) is 9.26. The number of carbonyl (C=O) groups is 2. The van der Waals surface area contributed by atoms with Gasteiger partial charge in [-0.05, 0) is 81.3 Å². The van der Waals surface area contributed by atoms with Crippen LogP contribution in [-0.2, 0) is 9.59 Å². The van der Waals surface area contributed by atoms with Gasteiger partial charge >= 0.3 is 0 Å². The molecule has 1 aliphatic rings. The quantitative estimate of drug-likeness (QED) is 0.213. The normalized spacial score (nSPS) is 16.6. The largest absolute Gasteiger partial charge is 0.507 e. The summed E-state index contributed by atoms with van der Waals surface area (Å²) in [6.07, 6.45) is -0.0753. The van der Waals surface area contributed by atoms with Crippen LogP contribution >= 0.6 is 0 Å². The number of methoxy groups -OCH3 is 1. The second kappa shape index (κ2) is 11.1. The minimum atomic E-state index is -1.25. The van der Waals surface area contributed by atoms with Crippen molar-refractivity contribution in [1.82, 2.24) is 0 Å². The van der Waals surface area contributed by atoms with E-state index in [0.29, 0.717) is 41.0 Å². The highest BCUT2D eigenvalue weighted by atomic mass is 19.1. The van der Waals surface area contributed by atoms with Gasteiger partial charge in [-0.15, -0.1) is 0 Å². The summed E-state index contributed by atoms with van der Waals surface area (Å²) in [6, 6.07) is 11.1. The molecule has 1 amide bonds. The van der Waals surface area contributed by atoms with E-state index >= 15 is 0 Å². The number of carbonyl (C=O) groups excluding carboxylic acids is 2. The third kappa shape index (κ3) is 5.30. The van der Waals surface area contributed by atoms with Crippen molar-refractivity contribution in [3.05, 3.63) is 88.5 Å². The number of benzene rings is 3. The van der Waals surface area contributed by atoms with Crippen LogP contribution in [-0.4, -0.2) is 36.6 Å². The van der Waals surface area contributed by atoms with Crippen LogP contribution in [0.25, 0.3) is 5.76 Å². The lowest BCUT2D eigenvalue weighted by molar-refractivity contribution is -0.132. The van der Waals surface area contributed by atoms with Crippen molar-refractivity contribution in [1.29, 1.82) is 0 Å². The zero-order valence-corrected chi connectivity index (χ0v) is 22.2. The van der Waals surface area contributed by atoms with E-state index in [1.807, 2.05) is 13.8 Å². The number of anilines is 1. The summed E-state index contributed by atoms with van der Waals surface area (Å²) in [5, 5.41) is 11.4. The van der Waals surface area contributed by atoms with Gasteiger partial charge in [0.05, 0.1) is 37.1 Å². The van der Waals surface area contributed by atoms with E-state index in [2.05, 4.69) is 0 Å². The molecule has 9 heteroatoms. The number of hydrogen-bond acceptors (Lipinski definition) is 6. The van der Waals surface area contributed by atoms with Gasteiger partial charge < -0.3 is 19.3 Å². The topological polar surface area (TPSA) is 85.3 Å². The fourth-order valence-electron chi connectivity index (χ4n) is 4.54. The standard InChI is InChI=1S/C30H29F2NO6/c1-6-38-25-14-18(7-12-24(25)37-5)27-26(28(34)19-8-11-23(17(4)13-19)39-16(2)3)29(35)30(36)33(27)22-10-9-20(31)15-21(22)32/h7-16,27,34H,6H2,1-5H3/b28-26+. The Balaban J connectivity index is 1.95. The van der Waals surface area contributed by atoms with E-state index in [0.717, 1.165) is 17.0 Å². The highest BCUT2D eigenvalue weighted by Gasteiger charge is 2.48. The van der Waals surface area contributed by atoms with Gasteiger partial charge in [0.1, 0.15) is 23.1 Å². The van der Waals surface area contributed by atoms with E-state index in [4.69, 9.17) is 14.2 Å². The molecule has 4 rings (SSSR count). The Labute approximate surface area is 225 Å². The third-order valence-electron chi connectivity index (χ3n) is 6.23. The van der Waals surface area contributed by atoms with Crippen LogP contribution in [0.4, 0.5) is 14.5 Å². The summed E-state index contributed by atoms with van der Waals surface area (Å²) >= 11 is 0. The third-order valence-corrected chi connectivity index (χ3v) is 6.23. The number of ether oxygens (including phenoxy) is 3. The fourth-order valence-corrected chi connectivity index (χ4v) is 4.54. The Kier molecular flexibility index (Phi) is 7.90. The van der Waals surface area contributed by atoms with Gasteiger partial charge in [-0.3, -0.25) is 14.5 Å². The van der Waals surface area contributed by atoms with Gasteiger partial charge in [-0.25, -0.2) is 8.78 Å². The molecule has 0 aromatic heterocycles. The number of aliphatic hydroxyl groups excluding tert-OH is 1. The predicted octanol–water partition coefficient (Wildman–Crippen LogP) is 6.09. The summed E-state index contributed by atoms with van der Waals surface area (Å²) < 4.78 is 45.5. The van der Waals surface area contributed by atoms with Crippen LogP contribution in [0.2, 0.25) is 0 Å². The lowest BCUT2D eigenvalue weighted by Gasteiger charge is -2.26. The van der Waals surface area contributed by atoms with Gasteiger partial charge in [0.25, 0.3) is 11.7 Å². The zero-order valence-electron chi connectivity index (χ0n) is 22.2. The monoisotopic (exact) mass is 537 g/mol. The maximum atomic E-state index is 15.0. The first-order valence-corrected chi connectivity index (χ1v) is 12.4. The smallest absolute Gasteiger partial charge is 0.300 e. The number of hydrogen-bond donors (Lipinski definition) is 1. The fraction of sp³-hybridized carbons (Fsp3) is 0.267. The lowest BCUT2D eigenvalue weighted by Crippen LogP contribution is -2.30. The molecule has 0 spiro atoms. The molecule has 0 radical (unpaired) electrons. The van der Waals surface area contributed by atoms with Gasteiger partial charge in [-0.1, -0.05) is 6.07 Å². The highest BCUT2D eigenvalue weighted by Crippen LogP contribution is 2.45. The van der Waals surface area contributed by atoms with Crippen molar-refractivity contribution in [2.24, 2.45) is 0 Å². The summed E-state index contributed by atoms with van der Waals surface area (Å²) in [5.74, 6) is -3.08. The highest BCUT2D eigenvalue weighted by molar-refractivity contribution is 6.51. The van der Waals surface area contributed by atoms with Crippen molar-refractivity contribution in [2.75, 3.05) is 18.6 Å². The molecule has 1 aliphatic heterocycles. The van der Waals surface area contributed by atoms with E-state index in [9.17, 15) is 23.5 Å². The second-order valence-electron chi connectivity index (χ2n) is 9.26. The Bertz CT molecular complexity index is 1470. The van der Waals surface area contributed by atoms with Gasteiger partial charge in [-0.2, -0.15) is 0 Å². The number of rotatable bonds is 8.